The van der Waals surface area contributed by atoms with Crippen LogP contribution in [0.5, 0.6) is 5.75 Å². The number of nitrogens with zero attached hydrogens (tertiary/aromatic N) is 2. The lowest BCUT2D eigenvalue weighted by atomic mass is 10.2. The van der Waals surface area contributed by atoms with E-state index in [0.717, 1.165) is 13.5 Å². The molecule has 10 heteroatoms. The molecular weight excluding hydrogens is 540 g/mol. The van der Waals surface area contributed by atoms with Gasteiger partial charge in [-0.2, -0.15) is 0 Å². The van der Waals surface area contributed by atoms with E-state index in [4.69, 9.17) is 27.9 Å². The van der Waals surface area contributed by atoms with Crippen LogP contribution >= 0.6 is 68.9 Å². The van der Waals surface area contributed by atoms with E-state index in [1.54, 1.807) is 12.1 Å². The van der Waals surface area contributed by atoms with Crippen LogP contribution in [0.3, 0.4) is 0 Å². The maximum absolute atomic E-state index is 12.0. The molecule has 140 valence electrons. The number of halogens is 3. The van der Waals surface area contributed by atoms with Gasteiger partial charge < -0.3 is 4.74 Å². The lowest BCUT2D eigenvalue weighted by Gasteiger charge is -2.05. The van der Waals surface area contributed by atoms with Crippen LogP contribution in [0.1, 0.15) is 5.56 Å². The molecule has 3 rings (SSSR count). The predicted octanol–water partition coefficient (Wildman–Crippen LogP) is 5.76. The number of rotatable bonds is 7. The summed E-state index contributed by atoms with van der Waals surface area (Å²) >= 11 is 17.0. The van der Waals surface area contributed by atoms with Crippen molar-refractivity contribution in [3.8, 4) is 5.75 Å². The molecule has 0 saturated heterocycles. The minimum Gasteiger partial charge on any atom is -0.484 e. The van der Waals surface area contributed by atoms with E-state index in [0.29, 0.717) is 26.7 Å². The Morgan fingerprint density at radius 2 is 1.96 bits per heavy atom. The topological polar surface area (TPSA) is 64.1 Å². The summed E-state index contributed by atoms with van der Waals surface area (Å²) in [6.45, 7) is -0.0942. The first-order valence-electron chi connectivity index (χ1n) is 7.58. The van der Waals surface area contributed by atoms with Gasteiger partial charge in [0.05, 0.1) is 0 Å². The van der Waals surface area contributed by atoms with Gasteiger partial charge in [-0.15, -0.1) is 10.2 Å². The molecule has 0 fully saturated rings. The quantitative estimate of drug-likeness (QED) is 0.230. The highest BCUT2D eigenvalue weighted by atomic mass is 127. The average molecular weight is 552 g/mol. The summed E-state index contributed by atoms with van der Waals surface area (Å²) in [5.41, 5.74) is 0.956. The summed E-state index contributed by atoms with van der Waals surface area (Å²) in [5, 5.41) is 12.4. The molecule has 1 amide bonds. The molecule has 0 spiro atoms. The van der Waals surface area contributed by atoms with E-state index in [1.165, 1.54) is 23.1 Å². The molecule has 0 aliphatic heterocycles. The molecule has 0 unspecified atom stereocenters. The molecule has 1 aromatic heterocycles. The van der Waals surface area contributed by atoms with Crippen molar-refractivity contribution in [3.63, 3.8) is 0 Å². The number of thioether (sulfide) groups is 1. The molecular formula is C17H12Cl2IN3O2S2. The van der Waals surface area contributed by atoms with Crippen molar-refractivity contribution < 1.29 is 9.53 Å². The normalized spacial score (nSPS) is 10.6. The predicted molar refractivity (Wildman–Crippen MR) is 119 cm³/mol. The van der Waals surface area contributed by atoms with E-state index in [1.807, 2.05) is 30.3 Å². The smallest absolute Gasteiger partial charge is 0.264 e. The Balaban J connectivity index is 1.48. The van der Waals surface area contributed by atoms with E-state index < -0.39 is 0 Å². The molecule has 27 heavy (non-hydrogen) atoms. The van der Waals surface area contributed by atoms with Crippen molar-refractivity contribution in [3.05, 3.63) is 61.6 Å². The molecule has 5 nitrogen and oxygen atoms in total. The number of aromatic nitrogens is 2. The van der Waals surface area contributed by atoms with Gasteiger partial charge >= 0.3 is 0 Å². The van der Waals surface area contributed by atoms with Crippen LogP contribution in [0.4, 0.5) is 5.13 Å². The number of nitrogens with one attached hydrogen (secondary N) is 1. The first kappa shape index (κ1) is 20.7. The summed E-state index contributed by atoms with van der Waals surface area (Å²) in [6.07, 6.45) is 0. The van der Waals surface area contributed by atoms with E-state index in [9.17, 15) is 4.79 Å². The van der Waals surface area contributed by atoms with Crippen LogP contribution in [0, 0.1) is 3.57 Å². The van der Waals surface area contributed by atoms with Crippen molar-refractivity contribution in [1.29, 1.82) is 0 Å². The Hall–Kier alpha value is -1.07. The maximum atomic E-state index is 12.0. The fraction of sp³-hybridized carbons (Fsp3) is 0.118. The Bertz CT molecular complexity index is 938. The summed E-state index contributed by atoms with van der Waals surface area (Å²) in [4.78, 5) is 12.0. The van der Waals surface area contributed by atoms with Gasteiger partial charge in [-0.05, 0) is 64.6 Å². The van der Waals surface area contributed by atoms with Crippen molar-refractivity contribution in [2.45, 2.75) is 10.1 Å². The second kappa shape index (κ2) is 9.92. The van der Waals surface area contributed by atoms with E-state index in [2.05, 4.69) is 38.1 Å². The van der Waals surface area contributed by atoms with Gasteiger partial charge in [0.1, 0.15) is 5.75 Å². The van der Waals surface area contributed by atoms with Crippen LogP contribution in [0.25, 0.3) is 0 Å². The number of ether oxygens (including phenoxy) is 1. The molecule has 0 aliphatic rings. The zero-order chi connectivity index (χ0) is 19.2. The number of hydrogen-bond donors (Lipinski definition) is 1. The van der Waals surface area contributed by atoms with Gasteiger partial charge in [0.2, 0.25) is 5.13 Å². The number of carbonyl (C=O) groups excluding carboxylic acids is 1. The lowest BCUT2D eigenvalue weighted by molar-refractivity contribution is -0.118. The van der Waals surface area contributed by atoms with Crippen molar-refractivity contribution in [2.75, 3.05) is 11.9 Å². The molecule has 0 atom stereocenters. The van der Waals surface area contributed by atoms with E-state index >= 15 is 0 Å². The van der Waals surface area contributed by atoms with Crippen LogP contribution in [0.2, 0.25) is 10.0 Å². The van der Waals surface area contributed by atoms with Gasteiger partial charge in [-0.25, -0.2) is 0 Å². The third-order valence-corrected chi connectivity index (χ3v) is 6.53. The summed E-state index contributed by atoms with van der Waals surface area (Å²) in [7, 11) is 0. The van der Waals surface area contributed by atoms with Crippen molar-refractivity contribution in [1.82, 2.24) is 10.2 Å². The SMILES string of the molecule is O=C(COc1ccc(I)cc1)Nc1nnc(SCc2ccc(Cl)cc2Cl)s1. The molecule has 0 radical (unpaired) electrons. The fourth-order valence-electron chi connectivity index (χ4n) is 1.93. The monoisotopic (exact) mass is 551 g/mol. The van der Waals surface area contributed by atoms with Crippen molar-refractivity contribution in [2.24, 2.45) is 0 Å². The van der Waals surface area contributed by atoms with Gasteiger partial charge in [0.15, 0.2) is 10.9 Å². The van der Waals surface area contributed by atoms with Crippen LogP contribution < -0.4 is 10.1 Å². The summed E-state index contributed by atoms with van der Waals surface area (Å²) in [6, 6.07) is 12.8. The Labute approximate surface area is 188 Å². The third-order valence-electron chi connectivity index (χ3n) is 3.20. The number of hydrogen-bond acceptors (Lipinski definition) is 6. The van der Waals surface area contributed by atoms with Gasteiger partial charge in [0.25, 0.3) is 5.91 Å². The third kappa shape index (κ3) is 6.49. The second-order valence-corrected chi connectivity index (χ2v) is 9.48. The average Bonchev–Trinajstić information content (AvgIpc) is 3.08. The Morgan fingerprint density at radius 3 is 2.70 bits per heavy atom. The maximum Gasteiger partial charge on any atom is 0.264 e. The highest BCUT2D eigenvalue weighted by molar-refractivity contribution is 14.1. The van der Waals surface area contributed by atoms with Crippen LogP contribution in [-0.4, -0.2) is 22.7 Å². The number of anilines is 1. The first-order valence-corrected chi connectivity index (χ1v) is 11.2. The minimum absolute atomic E-state index is 0.0942. The van der Waals surface area contributed by atoms with E-state index in [-0.39, 0.29) is 12.5 Å². The molecule has 0 saturated carbocycles. The standard InChI is InChI=1S/C17H12Cl2IN3O2S2/c18-11-2-1-10(14(19)7-11)9-26-17-23-22-16(27-17)21-15(24)8-25-13-5-3-12(20)4-6-13/h1-7H,8-9H2,(H,21,22,24). The molecule has 0 aliphatic carbocycles. The lowest BCUT2D eigenvalue weighted by Crippen LogP contribution is -2.20. The fourth-order valence-corrected chi connectivity index (χ4v) is 4.62. The van der Waals surface area contributed by atoms with Crippen LogP contribution in [0.15, 0.2) is 46.8 Å². The Kier molecular flexibility index (Phi) is 7.59. The zero-order valence-corrected chi connectivity index (χ0v) is 18.9. The summed E-state index contributed by atoms with van der Waals surface area (Å²) < 4.78 is 7.27. The Morgan fingerprint density at radius 1 is 1.19 bits per heavy atom. The first-order chi connectivity index (χ1) is 13.0. The highest BCUT2D eigenvalue weighted by Crippen LogP contribution is 2.31. The van der Waals surface area contributed by atoms with Gasteiger partial charge in [-0.3, -0.25) is 10.1 Å². The molecule has 2 aromatic carbocycles. The molecule has 0 bridgehead atoms. The highest BCUT2D eigenvalue weighted by Gasteiger charge is 2.10. The largest absolute Gasteiger partial charge is 0.484 e. The molecule has 1 heterocycles. The van der Waals surface area contributed by atoms with Crippen molar-refractivity contribution >= 4 is 79.9 Å². The molecule has 3 aromatic rings. The molecule has 1 N–H and O–H groups in total. The summed E-state index contributed by atoms with van der Waals surface area (Å²) in [5.74, 6) is 0.982. The number of benzene rings is 2. The zero-order valence-electron chi connectivity index (χ0n) is 13.6. The number of carbonyl (C=O) groups is 1. The number of amides is 1. The van der Waals surface area contributed by atoms with Gasteiger partial charge in [0, 0.05) is 19.4 Å². The van der Waals surface area contributed by atoms with Gasteiger partial charge in [-0.1, -0.05) is 52.4 Å². The van der Waals surface area contributed by atoms with Crippen LogP contribution in [-0.2, 0) is 10.5 Å². The second-order valence-electron chi connectivity index (χ2n) is 5.19. The minimum atomic E-state index is -0.290.